The van der Waals surface area contributed by atoms with E-state index in [1.807, 2.05) is 48.5 Å². The van der Waals surface area contributed by atoms with Crippen molar-refractivity contribution in [2.75, 3.05) is 5.32 Å². The molecule has 5 nitrogen and oxygen atoms in total. The van der Waals surface area contributed by atoms with E-state index >= 15 is 0 Å². The molecule has 0 saturated carbocycles. The Morgan fingerprint density at radius 2 is 1.73 bits per heavy atom. The summed E-state index contributed by atoms with van der Waals surface area (Å²) in [5, 5.41) is 7.56. The Balaban J connectivity index is 1.54. The third kappa shape index (κ3) is 4.35. The number of nitrogens with zero attached hydrogens (tertiary/aromatic N) is 1. The minimum atomic E-state index is -0.235. The maximum absolute atomic E-state index is 12.7. The molecule has 1 N–H and O–H groups in total. The number of ether oxygens (including phenoxy) is 1. The zero-order valence-corrected chi connectivity index (χ0v) is 17.1. The van der Waals surface area contributed by atoms with E-state index in [9.17, 15) is 4.79 Å². The van der Waals surface area contributed by atoms with Crippen molar-refractivity contribution in [3.8, 4) is 5.75 Å². The first-order valence-corrected chi connectivity index (χ1v) is 10.1. The first-order valence-electron chi connectivity index (χ1n) is 10.1. The standard InChI is InChI=1S/C25H24N2O3/c1-3-5-18-12-14-20(15-13-18)25(28)26-24-23-21(6-4-7-22(23)30-27-24)29-16-19-10-8-17(2)9-11-19/h4,6-15H,3,5,16H2,1-2H3,(H,26,27,28). The number of carbonyl (C=O) groups excluding carboxylic acids is 1. The first-order chi connectivity index (χ1) is 14.6. The Morgan fingerprint density at radius 3 is 2.47 bits per heavy atom. The average Bonchev–Trinajstić information content (AvgIpc) is 3.17. The maximum Gasteiger partial charge on any atom is 0.256 e. The quantitative estimate of drug-likeness (QED) is 0.418. The van der Waals surface area contributed by atoms with Crippen LogP contribution >= 0.6 is 0 Å². The van der Waals surface area contributed by atoms with Crippen LogP contribution in [-0.2, 0) is 13.0 Å². The molecule has 4 aromatic rings. The Hall–Kier alpha value is -3.60. The van der Waals surface area contributed by atoms with Gasteiger partial charge in [-0.2, -0.15) is 0 Å². The van der Waals surface area contributed by atoms with Gasteiger partial charge in [0.2, 0.25) is 0 Å². The van der Waals surface area contributed by atoms with Gasteiger partial charge < -0.3 is 14.6 Å². The number of rotatable bonds is 7. The summed E-state index contributed by atoms with van der Waals surface area (Å²) in [7, 11) is 0. The van der Waals surface area contributed by atoms with E-state index in [0.717, 1.165) is 18.4 Å². The third-order valence-electron chi connectivity index (χ3n) is 4.96. The SMILES string of the molecule is CCCc1ccc(C(=O)Nc2noc3cccc(OCc4ccc(C)cc4)c23)cc1. The van der Waals surface area contributed by atoms with Gasteiger partial charge in [0, 0.05) is 5.56 Å². The smallest absolute Gasteiger partial charge is 0.256 e. The van der Waals surface area contributed by atoms with Gasteiger partial charge in [0.15, 0.2) is 11.4 Å². The summed E-state index contributed by atoms with van der Waals surface area (Å²) in [6.45, 7) is 4.60. The van der Waals surface area contributed by atoms with Gasteiger partial charge >= 0.3 is 0 Å². The highest BCUT2D eigenvalue weighted by Crippen LogP contribution is 2.33. The molecule has 5 heteroatoms. The zero-order valence-electron chi connectivity index (χ0n) is 17.1. The number of hydrogen-bond acceptors (Lipinski definition) is 4. The van der Waals surface area contributed by atoms with Gasteiger partial charge in [-0.3, -0.25) is 4.79 Å². The van der Waals surface area contributed by atoms with Crippen LogP contribution in [0.15, 0.2) is 71.3 Å². The molecule has 0 fully saturated rings. The number of fused-ring (bicyclic) bond motifs is 1. The molecule has 1 aromatic heterocycles. The van der Waals surface area contributed by atoms with Gasteiger partial charge in [0.25, 0.3) is 5.91 Å². The Morgan fingerprint density at radius 1 is 1.00 bits per heavy atom. The predicted octanol–water partition coefficient (Wildman–Crippen LogP) is 5.92. The van der Waals surface area contributed by atoms with Crippen molar-refractivity contribution in [2.24, 2.45) is 0 Å². The fourth-order valence-electron chi connectivity index (χ4n) is 3.30. The topological polar surface area (TPSA) is 64.4 Å². The van der Waals surface area contributed by atoms with Crippen LogP contribution in [0, 0.1) is 6.92 Å². The summed E-state index contributed by atoms with van der Waals surface area (Å²) in [6, 6.07) is 21.3. The van der Waals surface area contributed by atoms with E-state index in [-0.39, 0.29) is 5.91 Å². The number of hydrogen-bond donors (Lipinski definition) is 1. The van der Waals surface area contributed by atoms with Crippen LogP contribution in [0.3, 0.4) is 0 Å². The molecule has 152 valence electrons. The van der Waals surface area contributed by atoms with Crippen LogP contribution in [0.5, 0.6) is 5.75 Å². The summed E-state index contributed by atoms with van der Waals surface area (Å²) in [6.07, 6.45) is 2.07. The first kappa shape index (κ1) is 19.7. The molecule has 1 heterocycles. The van der Waals surface area contributed by atoms with Gasteiger partial charge in [-0.1, -0.05) is 66.5 Å². The number of carbonyl (C=O) groups is 1. The van der Waals surface area contributed by atoms with Crippen molar-refractivity contribution in [3.63, 3.8) is 0 Å². The Bertz CT molecular complexity index is 1150. The lowest BCUT2D eigenvalue weighted by atomic mass is 10.1. The van der Waals surface area contributed by atoms with Crippen molar-refractivity contribution < 1.29 is 14.1 Å². The average molecular weight is 400 g/mol. The van der Waals surface area contributed by atoms with Crippen molar-refractivity contribution in [1.29, 1.82) is 0 Å². The summed E-state index contributed by atoms with van der Waals surface area (Å²) in [5.74, 6) is 0.733. The second-order valence-electron chi connectivity index (χ2n) is 7.34. The molecule has 0 radical (unpaired) electrons. The van der Waals surface area contributed by atoms with E-state index in [1.165, 1.54) is 11.1 Å². The molecule has 1 amide bonds. The molecule has 3 aromatic carbocycles. The molecule has 0 aliphatic rings. The van der Waals surface area contributed by atoms with Crippen LogP contribution < -0.4 is 10.1 Å². The van der Waals surface area contributed by atoms with E-state index in [0.29, 0.717) is 34.7 Å². The molecule has 0 spiro atoms. The van der Waals surface area contributed by atoms with Gasteiger partial charge in [0.1, 0.15) is 17.7 Å². The lowest BCUT2D eigenvalue weighted by Gasteiger charge is -2.09. The van der Waals surface area contributed by atoms with E-state index < -0.39 is 0 Å². The molecule has 4 rings (SSSR count). The summed E-state index contributed by atoms with van der Waals surface area (Å²) in [4.78, 5) is 12.7. The monoisotopic (exact) mass is 400 g/mol. The minimum Gasteiger partial charge on any atom is -0.488 e. The van der Waals surface area contributed by atoms with E-state index in [2.05, 4.69) is 36.5 Å². The number of nitrogens with one attached hydrogen (secondary N) is 1. The van der Waals surface area contributed by atoms with E-state index in [1.54, 1.807) is 6.07 Å². The lowest BCUT2D eigenvalue weighted by Crippen LogP contribution is -2.12. The second kappa shape index (κ2) is 8.82. The molecule has 0 unspecified atom stereocenters. The van der Waals surface area contributed by atoms with Gasteiger partial charge in [-0.05, 0) is 48.7 Å². The summed E-state index contributed by atoms with van der Waals surface area (Å²) < 4.78 is 11.4. The number of aryl methyl sites for hydroxylation is 2. The molecule has 0 aliphatic carbocycles. The van der Waals surface area contributed by atoms with Crippen molar-refractivity contribution in [3.05, 3.63) is 89.0 Å². The van der Waals surface area contributed by atoms with E-state index in [4.69, 9.17) is 9.26 Å². The fraction of sp³-hybridized carbons (Fsp3) is 0.200. The number of aromatic nitrogens is 1. The molecular formula is C25H24N2O3. The van der Waals surface area contributed by atoms with Crippen molar-refractivity contribution >= 4 is 22.7 Å². The molecular weight excluding hydrogens is 376 g/mol. The highest BCUT2D eigenvalue weighted by molar-refractivity contribution is 6.08. The van der Waals surface area contributed by atoms with Crippen LogP contribution in [0.4, 0.5) is 5.82 Å². The van der Waals surface area contributed by atoms with Crippen molar-refractivity contribution in [2.45, 2.75) is 33.3 Å². The molecule has 0 bridgehead atoms. The van der Waals surface area contributed by atoms with Gasteiger partial charge in [-0.25, -0.2) is 0 Å². The van der Waals surface area contributed by atoms with Crippen LogP contribution in [0.1, 0.15) is 40.4 Å². The molecule has 0 saturated heterocycles. The zero-order chi connectivity index (χ0) is 20.9. The minimum absolute atomic E-state index is 0.235. The Labute approximate surface area is 175 Å². The largest absolute Gasteiger partial charge is 0.488 e. The molecule has 0 atom stereocenters. The van der Waals surface area contributed by atoms with Crippen molar-refractivity contribution in [1.82, 2.24) is 5.16 Å². The van der Waals surface area contributed by atoms with Gasteiger partial charge in [0.05, 0.1) is 0 Å². The number of anilines is 1. The Kier molecular flexibility index (Phi) is 5.80. The number of benzene rings is 3. The summed E-state index contributed by atoms with van der Waals surface area (Å²) in [5.41, 5.74) is 4.61. The number of amides is 1. The summed E-state index contributed by atoms with van der Waals surface area (Å²) >= 11 is 0. The molecule has 0 aliphatic heterocycles. The third-order valence-corrected chi connectivity index (χ3v) is 4.96. The second-order valence-corrected chi connectivity index (χ2v) is 7.34. The maximum atomic E-state index is 12.7. The lowest BCUT2D eigenvalue weighted by molar-refractivity contribution is 0.102. The highest BCUT2D eigenvalue weighted by atomic mass is 16.5. The van der Waals surface area contributed by atoms with Crippen LogP contribution in [0.25, 0.3) is 11.0 Å². The predicted molar refractivity (Wildman–Crippen MR) is 118 cm³/mol. The van der Waals surface area contributed by atoms with Crippen LogP contribution in [-0.4, -0.2) is 11.1 Å². The van der Waals surface area contributed by atoms with Gasteiger partial charge in [-0.15, -0.1) is 0 Å². The fourth-order valence-corrected chi connectivity index (χ4v) is 3.30. The normalized spacial score (nSPS) is 10.9. The van der Waals surface area contributed by atoms with Crippen LogP contribution in [0.2, 0.25) is 0 Å². The molecule has 30 heavy (non-hydrogen) atoms. The highest BCUT2D eigenvalue weighted by Gasteiger charge is 2.17.